The number of rotatable bonds is 7. The molecule has 2 aromatic carbocycles. The highest BCUT2D eigenvalue weighted by Crippen LogP contribution is 2.35. The van der Waals surface area contributed by atoms with Crippen molar-refractivity contribution < 1.29 is 26.6 Å². The van der Waals surface area contributed by atoms with Gasteiger partial charge in [0.15, 0.2) is 0 Å². The van der Waals surface area contributed by atoms with Crippen molar-refractivity contribution in [3.63, 3.8) is 0 Å². The molecule has 1 saturated heterocycles. The van der Waals surface area contributed by atoms with Gasteiger partial charge in [0.2, 0.25) is 5.91 Å². The van der Waals surface area contributed by atoms with Crippen molar-refractivity contribution in [1.29, 1.82) is 0 Å². The molecule has 0 radical (unpaired) electrons. The Kier molecular flexibility index (Phi) is 8.22. The molecule has 1 aliphatic rings. The van der Waals surface area contributed by atoms with Crippen LogP contribution in [0.2, 0.25) is 0 Å². The van der Waals surface area contributed by atoms with Crippen LogP contribution < -0.4 is 14.9 Å². The number of halogens is 4. The fourth-order valence-electron chi connectivity index (χ4n) is 3.96. The first-order chi connectivity index (χ1) is 16.0. The smallest absolute Gasteiger partial charge is 0.371 e. The molecule has 2 unspecified atom stereocenters. The molecule has 5 nitrogen and oxygen atoms in total. The Morgan fingerprint density at radius 3 is 2.44 bits per heavy atom. The van der Waals surface area contributed by atoms with Crippen LogP contribution in [0.5, 0.6) is 0 Å². The van der Waals surface area contributed by atoms with E-state index in [4.69, 9.17) is 0 Å². The summed E-state index contributed by atoms with van der Waals surface area (Å²) >= 11 is 0. The van der Waals surface area contributed by atoms with Crippen molar-refractivity contribution in [2.75, 3.05) is 29.0 Å². The maximum absolute atomic E-state index is 14.3. The molecular formula is C24H29F4N3O2S. The zero-order chi connectivity index (χ0) is 25.0. The number of hydrogen-bond donors (Lipinski definition) is 2. The molecule has 3 rings (SSSR count). The lowest BCUT2D eigenvalue weighted by atomic mass is 9.97. The van der Waals surface area contributed by atoms with Crippen LogP contribution in [0.3, 0.4) is 0 Å². The maximum atomic E-state index is 14.3. The third kappa shape index (κ3) is 6.49. The van der Waals surface area contributed by atoms with Crippen LogP contribution in [0.15, 0.2) is 36.4 Å². The number of alkyl halides is 3. The second-order valence-corrected chi connectivity index (χ2v) is 9.86. The molecule has 2 N–H and O–H groups in total. The number of benzene rings is 2. The number of nitrogens with one attached hydrogen (secondary N) is 2. The van der Waals surface area contributed by atoms with E-state index in [0.717, 1.165) is 25.0 Å². The Morgan fingerprint density at radius 1 is 1.18 bits per heavy atom. The number of carbonyl (C=O) groups is 1. The van der Waals surface area contributed by atoms with Crippen LogP contribution in [-0.4, -0.2) is 29.5 Å². The van der Waals surface area contributed by atoms with Crippen molar-refractivity contribution >= 4 is 28.3 Å². The molecule has 0 aliphatic carbocycles. The summed E-state index contributed by atoms with van der Waals surface area (Å²) in [5.41, 5.74) is 0.854. The molecule has 0 aromatic heterocycles. The summed E-state index contributed by atoms with van der Waals surface area (Å²) in [5.74, 6) is -1.18. The van der Waals surface area contributed by atoms with Crippen molar-refractivity contribution in [3.8, 4) is 0 Å². The van der Waals surface area contributed by atoms with Crippen LogP contribution in [0.25, 0.3) is 0 Å². The lowest BCUT2D eigenvalue weighted by molar-refractivity contribution is -0.137. The Bertz CT molecular complexity index is 1050. The minimum Gasteiger partial charge on any atom is -0.371 e. The number of nitrogens with zero attached hydrogens (tertiary/aromatic N) is 1. The number of hydrogen-bond acceptors (Lipinski definition) is 3. The second kappa shape index (κ2) is 10.8. The summed E-state index contributed by atoms with van der Waals surface area (Å²) in [5, 5.41) is 2.78. The molecule has 0 bridgehead atoms. The molecule has 1 fully saturated rings. The monoisotopic (exact) mass is 499 g/mol. The largest absolute Gasteiger partial charge is 0.416 e. The van der Waals surface area contributed by atoms with Crippen LogP contribution >= 0.6 is 0 Å². The van der Waals surface area contributed by atoms with Crippen LogP contribution in [0, 0.1) is 11.7 Å². The fraction of sp³-hybridized carbons (Fsp3) is 0.458. The SMILES string of the molecule is CC1CCN(c2cc(C(F)(F)F)ccc2CNC(=O)C(C)c2ccc(NS(C)=O)c(F)c2)CC1. The van der Waals surface area contributed by atoms with Gasteiger partial charge in [-0.1, -0.05) is 19.1 Å². The number of anilines is 2. The van der Waals surface area contributed by atoms with E-state index in [1.165, 1.54) is 24.5 Å². The number of amides is 1. The van der Waals surface area contributed by atoms with Crippen LogP contribution in [0.1, 0.15) is 49.3 Å². The first kappa shape index (κ1) is 26.0. The van der Waals surface area contributed by atoms with E-state index >= 15 is 0 Å². The van der Waals surface area contributed by atoms with E-state index < -0.39 is 34.5 Å². The molecule has 1 heterocycles. The molecule has 1 aliphatic heterocycles. The summed E-state index contributed by atoms with van der Waals surface area (Å²) in [6.07, 6.45) is -1.30. The Labute approximate surface area is 199 Å². The Hall–Kier alpha value is -2.62. The first-order valence-corrected chi connectivity index (χ1v) is 12.6. The lowest BCUT2D eigenvalue weighted by Crippen LogP contribution is -2.35. The molecule has 1 amide bonds. The van der Waals surface area contributed by atoms with Gasteiger partial charge in [0.1, 0.15) is 16.8 Å². The van der Waals surface area contributed by atoms with Crippen LogP contribution in [-0.2, 0) is 28.5 Å². The average molecular weight is 500 g/mol. The minimum absolute atomic E-state index is 0.0552. The lowest BCUT2D eigenvalue weighted by Gasteiger charge is -2.34. The Morgan fingerprint density at radius 2 is 1.85 bits per heavy atom. The number of carbonyl (C=O) groups excluding carboxylic acids is 1. The van der Waals surface area contributed by atoms with Crippen molar-refractivity contribution in [2.45, 2.75) is 45.3 Å². The van der Waals surface area contributed by atoms with Gasteiger partial charge in [0, 0.05) is 31.6 Å². The first-order valence-electron chi connectivity index (χ1n) is 11.1. The molecule has 34 heavy (non-hydrogen) atoms. The van der Waals surface area contributed by atoms with Gasteiger partial charge in [-0.25, -0.2) is 8.60 Å². The summed E-state index contributed by atoms with van der Waals surface area (Å²) in [4.78, 5) is 14.7. The third-order valence-electron chi connectivity index (χ3n) is 6.13. The maximum Gasteiger partial charge on any atom is 0.416 e. The third-order valence-corrected chi connectivity index (χ3v) is 6.64. The van der Waals surface area contributed by atoms with E-state index in [2.05, 4.69) is 17.0 Å². The summed E-state index contributed by atoms with van der Waals surface area (Å²) < 4.78 is 68.0. The molecule has 10 heteroatoms. The molecule has 0 saturated carbocycles. The van der Waals surface area contributed by atoms with E-state index in [-0.39, 0.29) is 18.1 Å². The zero-order valence-electron chi connectivity index (χ0n) is 19.3. The summed E-state index contributed by atoms with van der Waals surface area (Å²) in [7, 11) is -1.44. The van der Waals surface area contributed by atoms with Gasteiger partial charge in [-0.2, -0.15) is 13.2 Å². The van der Waals surface area contributed by atoms with E-state index in [1.807, 2.05) is 4.90 Å². The van der Waals surface area contributed by atoms with Gasteiger partial charge in [0.05, 0.1) is 17.2 Å². The topological polar surface area (TPSA) is 61.4 Å². The highest BCUT2D eigenvalue weighted by atomic mass is 32.2. The zero-order valence-corrected chi connectivity index (χ0v) is 20.2. The predicted molar refractivity (Wildman–Crippen MR) is 126 cm³/mol. The summed E-state index contributed by atoms with van der Waals surface area (Å²) in [6.45, 7) is 5.11. The normalized spacial score (nSPS) is 16.7. The second-order valence-electron chi connectivity index (χ2n) is 8.75. The fourth-order valence-corrected chi connectivity index (χ4v) is 4.43. The number of piperidine rings is 1. The van der Waals surface area contributed by atoms with Crippen molar-refractivity contribution in [3.05, 3.63) is 58.9 Å². The average Bonchev–Trinajstić information content (AvgIpc) is 2.78. The molecule has 186 valence electrons. The van der Waals surface area contributed by atoms with Gasteiger partial charge in [-0.15, -0.1) is 0 Å². The van der Waals surface area contributed by atoms with Crippen molar-refractivity contribution in [1.82, 2.24) is 5.32 Å². The molecule has 2 atom stereocenters. The highest BCUT2D eigenvalue weighted by Gasteiger charge is 2.32. The summed E-state index contributed by atoms with van der Waals surface area (Å²) in [6, 6.07) is 7.78. The van der Waals surface area contributed by atoms with E-state index in [1.54, 1.807) is 13.0 Å². The quantitative estimate of drug-likeness (QED) is 0.515. The minimum atomic E-state index is -4.45. The standard InChI is InChI=1S/C24H29F4N3O2S/c1-15-8-10-31(11-9-15)22-13-19(24(26,27)28)6-4-18(22)14-29-23(32)16(2)17-5-7-21(20(25)12-17)30-34(3)33/h4-7,12-13,15-16,30H,8-11,14H2,1-3H3,(H,29,32). The van der Waals surface area contributed by atoms with Crippen molar-refractivity contribution in [2.24, 2.45) is 5.92 Å². The van der Waals surface area contributed by atoms with Gasteiger partial charge in [0.25, 0.3) is 0 Å². The highest BCUT2D eigenvalue weighted by molar-refractivity contribution is 7.85. The predicted octanol–water partition coefficient (Wildman–Crippen LogP) is 5.21. The van der Waals surface area contributed by atoms with Gasteiger partial charge in [-0.05, 0) is 61.1 Å². The van der Waals surface area contributed by atoms with Gasteiger partial charge in [-0.3, -0.25) is 4.79 Å². The Balaban J connectivity index is 1.75. The molecule has 2 aromatic rings. The molecular weight excluding hydrogens is 470 g/mol. The molecule has 0 spiro atoms. The van der Waals surface area contributed by atoms with Gasteiger partial charge < -0.3 is 14.9 Å². The van der Waals surface area contributed by atoms with Gasteiger partial charge >= 0.3 is 6.18 Å². The van der Waals surface area contributed by atoms with E-state index in [9.17, 15) is 26.6 Å². The van der Waals surface area contributed by atoms with Crippen LogP contribution in [0.4, 0.5) is 28.9 Å². The van der Waals surface area contributed by atoms with E-state index in [0.29, 0.717) is 35.8 Å².